The molecule has 2 fully saturated rings. The molecule has 0 unspecified atom stereocenters. The van der Waals surface area contributed by atoms with E-state index in [1.54, 1.807) is 0 Å². The highest BCUT2D eigenvalue weighted by Crippen LogP contribution is 2.26. The fourth-order valence-corrected chi connectivity index (χ4v) is 4.49. The summed E-state index contributed by atoms with van der Waals surface area (Å²) in [6.45, 7) is 8.53. The summed E-state index contributed by atoms with van der Waals surface area (Å²) in [6, 6.07) is 0. The molecule has 3 N–H and O–H groups in total. The second-order valence-electron chi connectivity index (χ2n) is 8.12. The van der Waals surface area contributed by atoms with E-state index in [0.29, 0.717) is 18.9 Å². The van der Waals surface area contributed by atoms with E-state index < -0.39 is 0 Å². The Morgan fingerprint density at radius 3 is 2.26 bits per heavy atom. The van der Waals surface area contributed by atoms with Crippen molar-refractivity contribution in [2.24, 2.45) is 11.8 Å². The molecule has 1 aromatic heterocycles. The number of hydrogen-bond acceptors (Lipinski definition) is 6. The maximum atomic E-state index is 12.9. The predicted molar refractivity (Wildman–Crippen MR) is 105 cm³/mol. The summed E-state index contributed by atoms with van der Waals surface area (Å²) in [6.07, 6.45) is 5.45. The Labute approximate surface area is 162 Å². The topological polar surface area (TPSA) is 95.6 Å². The van der Waals surface area contributed by atoms with Crippen molar-refractivity contribution in [1.82, 2.24) is 19.8 Å². The van der Waals surface area contributed by atoms with Gasteiger partial charge >= 0.3 is 0 Å². The number of carbonyl (C=O) groups excluding carboxylic acids is 1. The average molecular weight is 376 g/mol. The van der Waals surface area contributed by atoms with Crippen molar-refractivity contribution >= 4 is 11.9 Å². The van der Waals surface area contributed by atoms with Crippen LogP contribution in [0.15, 0.2) is 0 Å². The Balaban J connectivity index is 1.62. The molecule has 3 heterocycles. The van der Waals surface area contributed by atoms with Crippen molar-refractivity contribution in [2.75, 3.05) is 45.1 Å². The number of aliphatic hydroxyl groups is 1. The minimum Gasteiger partial charge on any atom is -0.396 e. The number of nitrogens with zero attached hydrogens (tertiary/aromatic N) is 4. The summed E-state index contributed by atoms with van der Waals surface area (Å²) in [5, 5.41) is 9.84. The van der Waals surface area contributed by atoms with Crippen molar-refractivity contribution in [3.05, 3.63) is 17.0 Å². The van der Waals surface area contributed by atoms with Crippen molar-refractivity contribution in [3.63, 3.8) is 0 Å². The van der Waals surface area contributed by atoms with Crippen LogP contribution in [0.5, 0.6) is 0 Å². The molecule has 2 atom stereocenters. The number of amides is 1. The molecular weight excluding hydrogens is 342 g/mol. The van der Waals surface area contributed by atoms with Crippen LogP contribution in [-0.4, -0.2) is 70.1 Å². The minimum atomic E-state index is 0.0892. The van der Waals surface area contributed by atoms with Gasteiger partial charge in [0, 0.05) is 49.1 Å². The van der Waals surface area contributed by atoms with E-state index in [1.165, 1.54) is 25.7 Å². The van der Waals surface area contributed by atoms with Crippen LogP contribution in [0.4, 0.5) is 5.95 Å². The van der Waals surface area contributed by atoms with Crippen LogP contribution in [0.2, 0.25) is 0 Å². The number of likely N-dealkylation sites (tertiary alicyclic amines) is 2. The van der Waals surface area contributed by atoms with E-state index in [1.807, 2.05) is 18.7 Å². The first-order chi connectivity index (χ1) is 13.0. The first-order valence-corrected chi connectivity index (χ1v) is 10.2. The van der Waals surface area contributed by atoms with Gasteiger partial charge in [-0.1, -0.05) is 12.8 Å². The molecule has 0 bridgehead atoms. The largest absolute Gasteiger partial charge is 0.396 e. The van der Waals surface area contributed by atoms with Crippen LogP contribution in [0.3, 0.4) is 0 Å². The highest BCUT2D eigenvalue weighted by molar-refractivity contribution is 5.79. The summed E-state index contributed by atoms with van der Waals surface area (Å²) in [4.78, 5) is 25.7. The average Bonchev–Trinajstić information content (AvgIpc) is 2.85. The molecule has 1 amide bonds. The molecule has 7 nitrogen and oxygen atoms in total. The van der Waals surface area contributed by atoms with Crippen LogP contribution < -0.4 is 5.73 Å². The Morgan fingerprint density at radius 2 is 1.67 bits per heavy atom. The van der Waals surface area contributed by atoms with Gasteiger partial charge in [-0.25, -0.2) is 9.97 Å². The third-order valence-corrected chi connectivity index (χ3v) is 6.12. The van der Waals surface area contributed by atoms with Gasteiger partial charge in [0.1, 0.15) is 0 Å². The van der Waals surface area contributed by atoms with Crippen LogP contribution >= 0.6 is 0 Å². The highest BCUT2D eigenvalue weighted by atomic mass is 16.3. The van der Waals surface area contributed by atoms with Crippen LogP contribution in [0.1, 0.15) is 42.6 Å². The zero-order valence-electron chi connectivity index (χ0n) is 16.7. The van der Waals surface area contributed by atoms with E-state index in [0.717, 1.165) is 43.1 Å². The number of aryl methyl sites for hydroxylation is 2. The van der Waals surface area contributed by atoms with Crippen molar-refractivity contribution < 1.29 is 9.90 Å². The normalized spacial score (nSPS) is 24.2. The number of rotatable bonds is 5. The lowest BCUT2D eigenvalue weighted by molar-refractivity contribution is -0.129. The lowest BCUT2D eigenvalue weighted by atomic mass is 9.96. The highest BCUT2D eigenvalue weighted by Gasteiger charge is 2.36. The Hall–Kier alpha value is -1.73. The van der Waals surface area contributed by atoms with Crippen molar-refractivity contribution in [3.8, 4) is 0 Å². The second-order valence-corrected chi connectivity index (χ2v) is 8.12. The quantitative estimate of drug-likeness (QED) is 0.802. The van der Waals surface area contributed by atoms with Crippen LogP contribution in [0.25, 0.3) is 0 Å². The number of aromatic nitrogens is 2. The monoisotopic (exact) mass is 375 g/mol. The van der Waals surface area contributed by atoms with E-state index >= 15 is 0 Å². The van der Waals surface area contributed by atoms with Gasteiger partial charge in [-0.2, -0.15) is 0 Å². The predicted octanol–water partition coefficient (Wildman–Crippen LogP) is 1.16. The van der Waals surface area contributed by atoms with E-state index in [4.69, 9.17) is 5.73 Å². The number of hydrogen-bond donors (Lipinski definition) is 2. The molecule has 0 spiro atoms. The molecule has 0 aromatic carbocycles. The Kier molecular flexibility index (Phi) is 6.65. The molecule has 0 aliphatic carbocycles. The van der Waals surface area contributed by atoms with Gasteiger partial charge in [0.25, 0.3) is 0 Å². The van der Waals surface area contributed by atoms with Gasteiger partial charge in [0.2, 0.25) is 11.9 Å². The SMILES string of the molecule is Cc1nc(N)nc(C)c1CC(=O)N1C[C@@H](CN2CCCCCC2)[C@@H](CO)C1. The molecule has 2 saturated heterocycles. The molecule has 7 heteroatoms. The van der Waals surface area contributed by atoms with Gasteiger partial charge < -0.3 is 20.6 Å². The molecule has 2 aliphatic heterocycles. The third kappa shape index (κ3) is 4.96. The van der Waals surface area contributed by atoms with Gasteiger partial charge in [0.05, 0.1) is 6.42 Å². The molecule has 2 aliphatic rings. The Bertz CT molecular complexity index is 635. The zero-order valence-corrected chi connectivity index (χ0v) is 16.7. The first-order valence-electron chi connectivity index (χ1n) is 10.2. The molecule has 27 heavy (non-hydrogen) atoms. The van der Waals surface area contributed by atoms with Crippen LogP contribution in [0, 0.1) is 25.7 Å². The van der Waals surface area contributed by atoms with Gasteiger partial charge in [-0.05, 0) is 45.7 Å². The molecular formula is C20H33N5O2. The summed E-state index contributed by atoms with van der Waals surface area (Å²) in [5.41, 5.74) is 8.09. The van der Waals surface area contributed by atoms with Crippen molar-refractivity contribution in [1.29, 1.82) is 0 Å². The summed E-state index contributed by atoms with van der Waals surface area (Å²) >= 11 is 0. The molecule has 0 saturated carbocycles. The van der Waals surface area contributed by atoms with Crippen LogP contribution in [-0.2, 0) is 11.2 Å². The molecule has 3 rings (SSSR count). The van der Waals surface area contributed by atoms with Crippen molar-refractivity contribution in [2.45, 2.75) is 46.0 Å². The maximum Gasteiger partial charge on any atom is 0.227 e. The van der Waals surface area contributed by atoms with Gasteiger partial charge in [-0.3, -0.25) is 4.79 Å². The summed E-state index contributed by atoms with van der Waals surface area (Å²) < 4.78 is 0. The summed E-state index contributed by atoms with van der Waals surface area (Å²) in [5.74, 6) is 0.857. The minimum absolute atomic E-state index is 0.0892. The van der Waals surface area contributed by atoms with Gasteiger partial charge in [-0.15, -0.1) is 0 Å². The number of aliphatic hydroxyl groups excluding tert-OH is 1. The number of anilines is 1. The van der Waals surface area contributed by atoms with Gasteiger partial charge in [0.15, 0.2) is 0 Å². The molecule has 1 aromatic rings. The zero-order chi connectivity index (χ0) is 19.4. The number of nitrogens with two attached hydrogens (primary N) is 1. The van der Waals surface area contributed by atoms with E-state index in [9.17, 15) is 9.90 Å². The molecule has 150 valence electrons. The number of carbonyl (C=O) groups is 1. The Morgan fingerprint density at radius 1 is 1.07 bits per heavy atom. The fourth-order valence-electron chi connectivity index (χ4n) is 4.49. The summed E-state index contributed by atoms with van der Waals surface area (Å²) in [7, 11) is 0. The molecule has 0 radical (unpaired) electrons. The maximum absolute atomic E-state index is 12.9. The standard InChI is InChI=1S/C20H33N5O2/c1-14-18(15(2)23-20(21)22-14)9-19(27)25-11-16(17(12-25)13-26)10-24-7-5-3-4-6-8-24/h16-17,26H,3-13H2,1-2H3,(H2,21,22,23)/t16-,17-/m1/s1. The third-order valence-electron chi connectivity index (χ3n) is 6.12. The second kappa shape index (κ2) is 8.97. The fraction of sp³-hybridized carbons (Fsp3) is 0.750. The van der Waals surface area contributed by atoms with E-state index in [2.05, 4.69) is 14.9 Å². The lowest BCUT2D eigenvalue weighted by Gasteiger charge is -2.26. The lowest BCUT2D eigenvalue weighted by Crippen LogP contribution is -2.35. The number of nitrogen functional groups attached to an aromatic ring is 1. The van der Waals surface area contributed by atoms with E-state index in [-0.39, 0.29) is 24.4 Å². The first kappa shape index (κ1) is 20.0. The smallest absolute Gasteiger partial charge is 0.227 e.